The molecule has 0 saturated heterocycles. The van der Waals surface area contributed by atoms with Gasteiger partial charge in [-0.3, -0.25) is 4.79 Å². The van der Waals surface area contributed by atoms with E-state index in [2.05, 4.69) is 15.3 Å². The molecule has 2 aromatic carbocycles. The monoisotopic (exact) mass is 379 g/mol. The number of amides is 1. The zero-order valence-corrected chi connectivity index (χ0v) is 15.6. The summed E-state index contributed by atoms with van der Waals surface area (Å²) in [5, 5.41) is 5.86. The highest BCUT2D eigenvalue weighted by Crippen LogP contribution is 2.23. The third kappa shape index (κ3) is 3.98. The number of rotatable bonds is 6. The van der Waals surface area contributed by atoms with Gasteiger partial charge < -0.3 is 10.3 Å². The first-order valence-corrected chi connectivity index (χ1v) is 10.1. The molecule has 26 heavy (non-hydrogen) atoms. The largest absolute Gasteiger partial charge is 0.347 e. The third-order valence-electron chi connectivity index (χ3n) is 3.96. The lowest BCUT2D eigenvalue weighted by Gasteiger charge is -2.05. The van der Waals surface area contributed by atoms with Crippen LogP contribution in [0.25, 0.3) is 11.0 Å². The fourth-order valence-electron chi connectivity index (χ4n) is 2.58. The predicted molar refractivity (Wildman–Crippen MR) is 108 cm³/mol. The average Bonchev–Trinajstić information content (AvgIpc) is 3.34. The molecule has 0 bridgehead atoms. The van der Waals surface area contributed by atoms with Crippen molar-refractivity contribution in [3.63, 3.8) is 0 Å². The topological polar surface area (TPSA) is 57.8 Å². The number of carbonyl (C=O) groups excluding carboxylic acids is 1. The molecule has 4 nitrogen and oxygen atoms in total. The molecule has 2 N–H and O–H groups in total. The van der Waals surface area contributed by atoms with E-state index >= 15 is 0 Å². The lowest BCUT2D eigenvalue weighted by molar-refractivity contribution is 0.0951. The summed E-state index contributed by atoms with van der Waals surface area (Å²) in [6, 6.07) is 19.7. The Morgan fingerprint density at radius 3 is 2.69 bits per heavy atom. The van der Waals surface area contributed by atoms with Gasteiger partial charge in [-0.1, -0.05) is 42.1 Å². The van der Waals surface area contributed by atoms with E-state index in [4.69, 9.17) is 0 Å². The van der Waals surface area contributed by atoms with Gasteiger partial charge in [0, 0.05) is 16.2 Å². The first-order chi connectivity index (χ1) is 12.8. The Bertz CT molecular complexity index is 974. The SMILES string of the molecule is O=C(NCc1cccs1)c1ccc(CSc2nc3ccccc3[nH]2)cc1. The maximum atomic E-state index is 12.2. The number of hydrogen-bond acceptors (Lipinski definition) is 4. The molecule has 4 aromatic rings. The van der Waals surface area contributed by atoms with Gasteiger partial charge in [0.05, 0.1) is 17.6 Å². The van der Waals surface area contributed by atoms with Gasteiger partial charge >= 0.3 is 0 Å². The second-order valence-electron chi connectivity index (χ2n) is 5.81. The summed E-state index contributed by atoms with van der Waals surface area (Å²) in [7, 11) is 0. The van der Waals surface area contributed by atoms with Crippen molar-refractivity contribution in [3.05, 3.63) is 82.0 Å². The van der Waals surface area contributed by atoms with Crippen LogP contribution in [0.2, 0.25) is 0 Å². The third-order valence-corrected chi connectivity index (χ3v) is 5.78. The van der Waals surface area contributed by atoms with Gasteiger partial charge in [0.1, 0.15) is 0 Å². The molecule has 0 atom stereocenters. The number of thioether (sulfide) groups is 1. The number of nitrogens with zero attached hydrogens (tertiary/aromatic N) is 1. The number of para-hydroxylation sites is 2. The van der Waals surface area contributed by atoms with E-state index in [0.717, 1.165) is 32.4 Å². The Morgan fingerprint density at radius 1 is 1.08 bits per heavy atom. The van der Waals surface area contributed by atoms with E-state index in [1.54, 1.807) is 23.1 Å². The van der Waals surface area contributed by atoms with Crippen molar-refractivity contribution in [1.82, 2.24) is 15.3 Å². The summed E-state index contributed by atoms with van der Waals surface area (Å²) < 4.78 is 0. The smallest absolute Gasteiger partial charge is 0.251 e. The number of thiophene rings is 1. The Morgan fingerprint density at radius 2 is 1.92 bits per heavy atom. The van der Waals surface area contributed by atoms with E-state index in [1.807, 2.05) is 66.0 Å². The van der Waals surface area contributed by atoms with Crippen LogP contribution < -0.4 is 5.32 Å². The number of aromatic amines is 1. The number of fused-ring (bicyclic) bond motifs is 1. The number of H-pyrrole nitrogens is 1. The molecular weight excluding hydrogens is 362 g/mol. The predicted octanol–water partition coefficient (Wildman–Crippen LogP) is 4.85. The normalized spacial score (nSPS) is 10.9. The van der Waals surface area contributed by atoms with E-state index in [0.29, 0.717) is 12.1 Å². The quantitative estimate of drug-likeness (QED) is 0.471. The van der Waals surface area contributed by atoms with Gasteiger partial charge in [0.25, 0.3) is 5.91 Å². The van der Waals surface area contributed by atoms with E-state index in [1.165, 1.54) is 0 Å². The highest BCUT2D eigenvalue weighted by molar-refractivity contribution is 7.98. The summed E-state index contributed by atoms with van der Waals surface area (Å²) in [5.41, 5.74) is 3.87. The van der Waals surface area contributed by atoms with Crippen LogP contribution in [0.5, 0.6) is 0 Å². The Hall–Kier alpha value is -2.57. The maximum absolute atomic E-state index is 12.2. The number of nitrogens with one attached hydrogen (secondary N) is 2. The first kappa shape index (κ1) is 16.9. The molecule has 4 rings (SSSR count). The highest BCUT2D eigenvalue weighted by atomic mass is 32.2. The van der Waals surface area contributed by atoms with Crippen molar-refractivity contribution in [2.75, 3.05) is 0 Å². The first-order valence-electron chi connectivity index (χ1n) is 8.25. The lowest BCUT2D eigenvalue weighted by Crippen LogP contribution is -2.22. The molecule has 0 unspecified atom stereocenters. The Kier molecular flexibility index (Phi) is 5.04. The number of benzene rings is 2. The molecular formula is C20H17N3OS2. The van der Waals surface area contributed by atoms with Crippen LogP contribution in [0.4, 0.5) is 0 Å². The number of imidazole rings is 1. The Labute approximate surface area is 159 Å². The molecule has 0 radical (unpaired) electrons. The molecule has 0 fully saturated rings. The van der Waals surface area contributed by atoms with Crippen LogP contribution in [-0.2, 0) is 12.3 Å². The van der Waals surface area contributed by atoms with Crippen molar-refractivity contribution in [2.45, 2.75) is 17.5 Å². The van der Waals surface area contributed by atoms with Gasteiger partial charge in [-0.15, -0.1) is 11.3 Å². The van der Waals surface area contributed by atoms with Crippen molar-refractivity contribution in [2.24, 2.45) is 0 Å². The Balaban J connectivity index is 1.34. The maximum Gasteiger partial charge on any atom is 0.251 e. The summed E-state index contributed by atoms with van der Waals surface area (Å²) in [6.07, 6.45) is 0. The van der Waals surface area contributed by atoms with Gasteiger partial charge in [0.2, 0.25) is 0 Å². The van der Waals surface area contributed by atoms with Crippen molar-refractivity contribution < 1.29 is 4.79 Å². The van der Waals surface area contributed by atoms with Gasteiger partial charge in [-0.2, -0.15) is 0 Å². The summed E-state index contributed by atoms with van der Waals surface area (Å²) in [4.78, 5) is 21.2. The number of aromatic nitrogens is 2. The highest BCUT2D eigenvalue weighted by Gasteiger charge is 2.07. The van der Waals surface area contributed by atoms with E-state index in [9.17, 15) is 4.79 Å². The zero-order valence-electron chi connectivity index (χ0n) is 13.9. The fourth-order valence-corrected chi connectivity index (χ4v) is 4.07. The number of carbonyl (C=O) groups is 1. The molecule has 0 spiro atoms. The average molecular weight is 380 g/mol. The van der Waals surface area contributed by atoms with E-state index < -0.39 is 0 Å². The van der Waals surface area contributed by atoms with Gasteiger partial charge in [0.15, 0.2) is 5.16 Å². The standard InChI is InChI=1S/C20H17N3OS2/c24-19(21-12-16-4-3-11-25-16)15-9-7-14(8-10-15)13-26-20-22-17-5-1-2-6-18(17)23-20/h1-11H,12-13H2,(H,21,24)(H,22,23). The number of hydrogen-bond donors (Lipinski definition) is 2. The van der Waals surface area contributed by atoms with Crippen molar-refractivity contribution in [1.29, 1.82) is 0 Å². The lowest BCUT2D eigenvalue weighted by atomic mass is 10.1. The van der Waals surface area contributed by atoms with Gasteiger partial charge in [-0.25, -0.2) is 4.98 Å². The molecule has 0 aliphatic heterocycles. The van der Waals surface area contributed by atoms with Crippen LogP contribution in [0.15, 0.2) is 71.2 Å². The molecule has 0 aliphatic carbocycles. The van der Waals surface area contributed by atoms with Crippen molar-refractivity contribution in [3.8, 4) is 0 Å². The molecule has 0 aliphatic rings. The van der Waals surface area contributed by atoms with Gasteiger partial charge in [-0.05, 0) is 41.3 Å². The molecule has 2 heterocycles. The zero-order chi connectivity index (χ0) is 17.8. The molecule has 2 aromatic heterocycles. The summed E-state index contributed by atoms with van der Waals surface area (Å²) in [6.45, 7) is 0.570. The van der Waals surface area contributed by atoms with Crippen LogP contribution in [-0.4, -0.2) is 15.9 Å². The second kappa shape index (κ2) is 7.76. The summed E-state index contributed by atoms with van der Waals surface area (Å²) in [5.74, 6) is 0.756. The van der Waals surface area contributed by atoms with Crippen molar-refractivity contribution >= 4 is 40.0 Å². The summed E-state index contributed by atoms with van der Waals surface area (Å²) >= 11 is 3.30. The molecule has 1 amide bonds. The minimum absolute atomic E-state index is 0.0464. The minimum Gasteiger partial charge on any atom is -0.347 e. The molecule has 130 valence electrons. The second-order valence-corrected chi connectivity index (χ2v) is 7.80. The van der Waals surface area contributed by atoms with Crippen LogP contribution >= 0.6 is 23.1 Å². The van der Waals surface area contributed by atoms with E-state index in [-0.39, 0.29) is 5.91 Å². The molecule has 6 heteroatoms. The van der Waals surface area contributed by atoms with Crippen LogP contribution in [0, 0.1) is 0 Å². The molecule has 0 saturated carbocycles. The van der Waals surface area contributed by atoms with Crippen LogP contribution in [0.1, 0.15) is 20.8 Å². The minimum atomic E-state index is -0.0464. The van der Waals surface area contributed by atoms with Crippen LogP contribution in [0.3, 0.4) is 0 Å². The fraction of sp³-hybridized carbons (Fsp3) is 0.100.